The molecular formula is C25H29N3O3S. The fourth-order valence-corrected chi connectivity index (χ4v) is 5.60. The van der Waals surface area contributed by atoms with E-state index in [0.29, 0.717) is 24.3 Å². The fourth-order valence-electron chi connectivity index (χ4n) is 4.03. The van der Waals surface area contributed by atoms with Crippen molar-refractivity contribution >= 4 is 21.5 Å². The first-order valence-corrected chi connectivity index (χ1v) is 12.4. The first-order valence-electron chi connectivity index (χ1n) is 11.0. The highest BCUT2D eigenvalue weighted by atomic mass is 32.2. The molecule has 0 fully saturated rings. The van der Waals surface area contributed by atoms with Crippen LogP contribution in [0.25, 0.3) is 0 Å². The molecule has 0 bridgehead atoms. The van der Waals surface area contributed by atoms with Crippen molar-refractivity contribution in [2.75, 3.05) is 9.62 Å². The molecule has 2 heterocycles. The van der Waals surface area contributed by atoms with Gasteiger partial charge in [-0.05, 0) is 62.1 Å². The summed E-state index contributed by atoms with van der Waals surface area (Å²) < 4.78 is 28.7. The van der Waals surface area contributed by atoms with Gasteiger partial charge in [-0.2, -0.15) is 0 Å². The quantitative estimate of drug-likeness (QED) is 0.520. The van der Waals surface area contributed by atoms with Crippen LogP contribution in [0.1, 0.15) is 48.6 Å². The number of aryl methyl sites for hydroxylation is 2. The molecule has 0 amide bonds. The molecule has 1 aliphatic heterocycles. The zero-order chi connectivity index (χ0) is 22.9. The maximum Gasteiger partial charge on any atom is 0.267 e. The van der Waals surface area contributed by atoms with Crippen molar-refractivity contribution in [1.29, 1.82) is 0 Å². The predicted molar refractivity (Wildman–Crippen MR) is 128 cm³/mol. The van der Waals surface area contributed by atoms with Crippen LogP contribution in [0.2, 0.25) is 0 Å². The minimum Gasteiger partial charge on any atom is -0.508 e. The lowest BCUT2D eigenvalue weighted by Gasteiger charge is -2.25. The van der Waals surface area contributed by atoms with Crippen LogP contribution in [0.3, 0.4) is 0 Å². The Morgan fingerprint density at radius 1 is 1.06 bits per heavy atom. The van der Waals surface area contributed by atoms with Crippen LogP contribution in [0.5, 0.6) is 5.75 Å². The molecule has 7 heteroatoms. The molecular weight excluding hydrogens is 422 g/mol. The van der Waals surface area contributed by atoms with Crippen molar-refractivity contribution in [2.24, 2.45) is 0 Å². The molecule has 1 aromatic heterocycles. The number of phenolic OH excluding ortho intramolecular Hbond substituents is 1. The van der Waals surface area contributed by atoms with Gasteiger partial charge in [0.1, 0.15) is 11.9 Å². The zero-order valence-corrected chi connectivity index (χ0v) is 19.5. The minimum absolute atomic E-state index is 0.241. The summed E-state index contributed by atoms with van der Waals surface area (Å²) in [5, 5.41) is 13.6. The molecule has 1 unspecified atom stereocenters. The second-order valence-electron chi connectivity index (χ2n) is 8.33. The highest BCUT2D eigenvalue weighted by Gasteiger charge is 2.39. The van der Waals surface area contributed by atoms with Gasteiger partial charge in [-0.15, -0.1) is 0 Å². The van der Waals surface area contributed by atoms with E-state index in [2.05, 4.69) is 12.2 Å². The summed E-state index contributed by atoms with van der Waals surface area (Å²) in [6, 6.07) is 16.1. The Labute approximate surface area is 190 Å². The number of anilines is 2. The molecule has 0 radical (unpaired) electrons. The molecule has 0 saturated heterocycles. The van der Waals surface area contributed by atoms with Gasteiger partial charge in [0.05, 0.1) is 10.6 Å². The predicted octanol–water partition coefficient (Wildman–Crippen LogP) is 5.13. The lowest BCUT2D eigenvalue weighted by molar-refractivity contribution is 0.469. The Bertz CT molecular complexity index is 1220. The number of hydrogen-bond acceptors (Lipinski definition) is 5. The van der Waals surface area contributed by atoms with Crippen LogP contribution in [0.4, 0.5) is 11.5 Å². The van der Waals surface area contributed by atoms with Crippen LogP contribution in [-0.4, -0.2) is 24.7 Å². The van der Waals surface area contributed by atoms with Crippen molar-refractivity contribution in [2.45, 2.75) is 57.5 Å². The number of para-hydroxylation sites is 1. The summed E-state index contributed by atoms with van der Waals surface area (Å²) >= 11 is 0. The number of rotatable bonds is 7. The van der Waals surface area contributed by atoms with Gasteiger partial charge < -0.3 is 10.4 Å². The monoisotopic (exact) mass is 451 g/mol. The standard InChI is InChI=1S/C25H29N3O3S/c1-4-5-10-24-27-22-16-20(15-19-8-6-7-9-23(19)29)18(3)26-25(22)28(24)32(30,31)21-13-11-17(2)12-14-21/h6-9,11-14,16,24,27,29H,4-5,10,15H2,1-3H3. The van der Waals surface area contributed by atoms with Crippen LogP contribution >= 0.6 is 0 Å². The first-order chi connectivity index (χ1) is 15.3. The number of hydrogen-bond donors (Lipinski definition) is 2. The molecule has 1 atom stereocenters. The topological polar surface area (TPSA) is 82.5 Å². The average Bonchev–Trinajstić information content (AvgIpc) is 3.12. The normalized spacial score (nSPS) is 15.5. The van der Waals surface area contributed by atoms with Crippen LogP contribution in [0, 0.1) is 13.8 Å². The van der Waals surface area contributed by atoms with Gasteiger partial charge in [-0.25, -0.2) is 17.7 Å². The van der Waals surface area contributed by atoms with Gasteiger partial charge in [-0.1, -0.05) is 49.2 Å². The maximum absolute atomic E-state index is 13.6. The molecule has 0 aliphatic carbocycles. The van der Waals surface area contributed by atoms with E-state index in [1.807, 2.05) is 44.2 Å². The largest absolute Gasteiger partial charge is 0.508 e. The lowest BCUT2D eigenvalue weighted by Crippen LogP contribution is -2.40. The second kappa shape index (κ2) is 8.82. The van der Waals surface area contributed by atoms with E-state index in [1.54, 1.807) is 24.3 Å². The number of aromatic hydroxyl groups is 1. The number of phenols is 1. The van der Waals surface area contributed by atoms with E-state index in [4.69, 9.17) is 4.98 Å². The highest BCUT2D eigenvalue weighted by Crippen LogP contribution is 2.40. The Balaban J connectivity index is 1.75. The van der Waals surface area contributed by atoms with E-state index < -0.39 is 10.0 Å². The number of unbranched alkanes of at least 4 members (excludes halogenated alkanes) is 1. The van der Waals surface area contributed by atoms with Crippen molar-refractivity contribution in [3.8, 4) is 5.75 Å². The third kappa shape index (κ3) is 4.17. The number of nitrogens with zero attached hydrogens (tertiary/aromatic N) is 2. The van der Waals surface area contributed by atoms with E-state index in [9.17, 15) is 13.5 Å². The summed E-state index contributed by atoms with van der Waals surface area (Å²) in [6.45, 7) is 5.91. The molecule has 2 N–H and O–H groups in total. The molecule has 3 aromatic rings. The highest BCUT2D eigenvalue weighted by molar-refractivity contribution is 7.92. The number of fused-ring (bicyclic) bond motifs is 1. The Morgan fingerprint density at radius 2 is 1.78 bits per heavy atom. The van der Waals surface area contributed by atoms with Crippen molar-refractivity contribution in [3.63, 3.8) is 0 Å². The Morgan fingerprint density at radius 3 is 2.47 bits per heavy atom. The smallest absolute Gasteiger partial charge is 0.267 e. The third-order valence-electron chi connectivity index (χ3n) is 5.89. The molecule has 168 valence electrons. The number of nitrogens with one attached hydrogen (secondary N) is 1. The van der Waals surface area contributed by atoms with E-state index in [0.717, 1.165) is 35.2 Å². The number of aromatic nitrogens is 1. The van der Waals surface area contributed by atoms with E-state index >= 15 is 0 Å². The molecule has 4 rings (SSSR count). The van der Waals surface area contributed by atoms with Gasteiger partial charge in [0, 0.05) is 12.1 Å². The summed E-state index contributed by atoms with van der Waals surface area (Å²) in [5.41, 5.74) is 4.21. The van der Waals surface area contributed by atoms with Gasteiger partial charge in [-0.3, -0.25) is 0 Å². The average molecular weight is 452 g/mol. The number of benzene rings is 2. The Kier molecular flexibility index (Phi) is 6.11. The summed E-state index contributed by atoms with van der Waals surface area (Å²) in [4.78, 5) is 4.99. The maximum atomic E-state index is 13.6. The van der Waals surface area contributed by atoms with E-state index in [1.165, 1.54) is 4.31 Å². The second-order valence-corrected chi connectivity index (χ2v) is 10.1. The molecule has 0 saturated carbocycles. The molecule has 6 nitrogen and oxygen atoms in total. The number of sulfonamides is 1. The minimum atomic E-state index is -3.78. The molecule has 2 aromatic carbocycles. The van der Waals surface area contributed by atoms with Crippen LogP contribution in [-0.2, 0) is 16.4 Å². The molecule has 1 aliphatic rings. The van der Waals surface area contributed by atoms with Crippen molar-refractivity contribution in [1.82, 2.24) is 4.98 Å². The lowest BCUT2D eigenvalue weighted by atomic mass is 10.0. The summed E-state index contributed by atoms with van der Waals surface area (Å²) in [7, 11) is -3.78. The molecule has 0 spiro atoms. The van der Waals surface area contributed by atoms with Gasteiger partial charge in [0.2, 0.25) is 0 Å². The number of pyridine rings is 1. The van der Waals surface area contributed by atoms with Crippen LogP contribution in [0.15, 0.2) is 59.5 Å². The van der Waals surface area contributed by atoms with Crippen molar-refractivity contribution < 1.29 is 13.5 Å². The Hall–Kier alpha value is -3.06. The SMILES string of the molecule is CCCCC1Nc2cc(Cc3ccccc3O)c(C)nc2N1S(=O)(=O)c1ccc(C)cc1. The summed E-state index contributed by atoms with van der Waals surface area (Å²) in [6.07, 6.45) is 2.69. The third-order valence-corrected chi connectivity index (χ3v) is 7.71. The van der Waals surface area contributed by atoms with Gasteiger partial charge >= 0.3 is 0 Å². The van der Waals surface area contributed by atoms with Crippen LogP contribution < -0.4 is 9.62 Å². The first kappa shape index (κ1) is 22.1. The van der Waals surface area contributed by atoms with E-state index in [-0.39, 0.29) is 16.8 Å². The van der Waals surface area contributed by atoms with Gasteiger partial charge in [0.25, 0.3) is 10.0 Å². The fraction of sp³-hybridized carbons (Fsp3) is 0.320. The van der Waals surface area contributed by atoms with Gasteiger partial charge in [0.15, 0.2) is 5.82 Å². The summed E-state index contributed by atoms with van der Waals surface area (Å²) in [5.74, 6) is 0.676. The molecule has 32 heavy (non-hydrogen) atoms. The zero-order valence-electron chi connectivity index (χ0n) is 18.7. The van der Waals surface area contributed by atoms with Crippen molar-refractivity contribution in [3.05, 3.63) is 77.0 Å².